The zero-order valence-corrected chi connectivity index (χ0v) is 15.4. The highest BCUT2D eigenvalue weighted by Gasteiger charge is 2.18. The lowest BCUT2D eigenvalue weighted by atomic mass is 9.91. The predicted octanol–water partition coefficient (Wildman–Crippen LogP) is 2.00. The molecule has 0 unspecified atom stereocenters. The number of nitrogens with one attached hydrogen (secondary N) is 2. The van der Waals surface area contributed by atoms with Gasteiger partial charge in [-0.2, -0.15) is 0 Å². The van der Waals surface area contributed by atoms with Crippen molar-refractivity contribution in [2.24, 2.45) is 0 Å². The number of rotatable bonds is 8. The molecule has 138 valence electrons. The van der Waals surface area contributed by atoms with Crippen molar-refractivity contribution in [3.05, 3.63) is 71.8 Å². The molecule has 2 rings (SSSR count). The number of carbonyl (C=O) groups excluding carboxylic acids is 2. The molecule has 0 aromatic heterocycles. The van der Waals surface area contributed by atoms with Gasteiger partial charge in [-0.3, -0.25) is 9.59 Å². The van der Waals surface area contributed by atoms with Crippen molar-refractivity contribution >= 4 is 11.8 Å². The lowest BCUT2D eigenvalue weighted by Crippen LogP contribution is -2.42. The molecule has 0 bridgehead atoms. The van der Waals surface area contributed by atoms with Crippen molar-refractivity contribution in [3.63, 3.8) is 0 Å². The third kappa shape index (κ3) is 6.33. The summed E-state index contributed by atoms with van der Waals surface area (Å²) in [6.07, 6.45) is 0.808. The number of nitrogens with zero attached hydrogens (tertiary/aromatic N) is 1. The number of benzene rings is 2. The van der Waals surface area contributed by atoms with Crippen molar-refractivity contribution in [2.45, 2.75) is 12.3 Å². The van der Waals surface area contributed by atoms with E-state index in [0.717, 1.165) is 24.1 Å². The topological polar surface area (TPSA) is 61.4 Å². The summed E-state index contributed by atoms with van der Waals surface area (Å²) >= 11 is 0. The number of amides is 2. The molecule has 0 heterocycles. The molecule has 2 N–H and O–H groups in total. The molecular formula is C21H27N3O2. The van der Waals surface area contributed by atoms with E-state index in [-0.39, 0.29) is 5.92 Å². The average Bonchev–Trinajstić information content (AvgIpc) is 2.66. The van der Waals surface area contributed by atoms with Crippen molar-refractivity contribution in [2.75, 3.05) is 33.7 Å². The first-order valence-corrected chi connectivity index (χ1v) is 8.88. The second-order valence-electron chi connectivity index (χ2n) is 6.50. The minimum atomic E-state index is -0.591. The minimum Gasteiger partial charge on any atom is -0.348 e. The number of hydrogen-bond donors (Lipinski definition) is 2. The highest BCUT2D eigenvalue weighted by Crippen LogP contribution is 2.23. The second-order valence-corrected chi connectivity index (χ2v) is 6.50. The fourth-order valence-electron chi connectivity index (χ4n) is 2.75. The van der Waals surface area contributed by atoms with Crippen LogP contribution in [0.1, 0.15) is 23.5 Å². The summed E-state index contributed by atoms with van der Waals surface area (Å²) in [7, 11) is 3.95. The van der Waals surface area contributed by atoms with Crippen LogP contribution in [-0.2, 0) is 9.59 Å². The van der Waals surface area contributed by atoms with Gasteiger partial charge in [0, 0.05) is 19.0 Å². The van der Waals surface area contributed by atoms with Gasteiger partial charge in [0.05, 0.1) is 0 Å². The molecule has 0 fully saturated rings. The monoisotopic (exact) mass is 353 g/mol. The molecule has 0 radical (unpaired) electrons. The minimum absolute atomic E-state index is 0.00268. The predicted molar refractivity (Wildman–Crippen MR) is 104 cm³/mol. The summed E-state index contributed by atoms with van der Waals surface area (Å²) in [6, 6.07) is 20.0. The van der Waals surface area contributed by atoms with Crippen molar-refractivity contribution < 1.29 is 9.59 Å². The van der Waals surface area contributed by atoms with Gasteiger partial charge in [-0.15, -0.1) is 0 Å². The summed E-state index contributed by atoms with van der Waals surface area (Å²) in [5.74, 6) is -1.17. The fourth-order valence-corrected chi connectivity index (χ4v) is 2.75. The van der Waals surface area contributed by atoms with Crippen LogP contribution in [0.3, 0.4) is 0 Å². The lowest BCUT2D eigenvalue weighted by Gasteiger charge is -2.18. The van der Waals surface area contributed by atoms with Crippen LogP contribution >= 0.6 is 0 Å². The van der Waals surface area contributed by atoms with E-state index in [4.69, 9.17) is 0 Å². The van der Waals surface area contributed by atoms with Crippen molar-refractivity contribution in [3.8, 4) is 0 Å². The molecule has 5 nitrogen and oxygen atoms in total. The van der Waals surface area contributed by atoms with Gasteiger partial charge in [0.2, 0.25) is 0 Å². The first-order chi connectivity index (χ1) is 12.6. The van der Waals surface area contributed by atoms with E-state index in [0.29, 0.717) is 13.1 Å². The van der Waals surface area contributed by atoms with Crippen LogP contribution in [0.2, 0.25) is 0 Å². The van der Waals surface area contributed by atoms with Gasteiger partial charge in [-0.05, 0) is 38.2 Å². The zero-order chi connectivity index (χ0) is 18.8. The van der Waals surface area contributed by atoms with Gasteiger partial charge in [0.15, 0.2) is 0 Å². The Bertz CT molecular complexity index is 647. The van der Waals surface area contributed by atoms with E-state index in [1.54, 1.807) is 0 Å². The Balaban J connectivity index is 1.93. The zero-order valence-electron chi connectivity index (χ0n) is 15.4. The second kappa shape index (κ2) is 10.4. The molecule has 26 heavy (non-hydrogen) atoms. The summed E-state index contributed by atoms with van der Waals surface area (Å²) in [5, 5.41) is 5.43. The average molecular weight is 353 g/mol. The fraction of sp³-hybridized carbons (Fsp3) is 0.333. The molecule has 5 heteroatoms. The van der Waals surface area contributed by atoms with E-state index in [1.165, 1.54) is 0 Å². The van der Waals surface area contributed by atoms with Crippen LogP contribution < -0.4 is 10.6 Å². The maximum absolute atomic E-state index is 12.1. The van der Waals surface area contributed by atoms with Gasteiger partial charge < -0.3 is 15.5 Å². The van der Waals surface area contributed by atoms with Crippen LogP contribution in [0.15, 0.2) is 60.7 Å². The van der Waals surface area contributed by atoms with Gasteiger partial charge in [0.1, 0.15) is 0 Å². The van der Waals surface area contributed by atoms with Gasteiger partial charge in [-0.1, -0.05) is 60.7 Å². The van der Waals surface area contributed by atoms with Crippen molar-refractivity contribution in [1.29, 1.82) is 0 Å². The Morgan fingerprint density at radius 2 is 1.35 bits per heavy atom. The van der Waals surface area contributed by atoms with E-state index >= 15 is 0 Å². The Kier molecular flexibility index (Phi) is 7.83. The number of hydrogen-bond acceptors (Lipinski definition) is 3. The quantitative estimate of drug-likeness (QED) is 0.564. The van der Waals surface area contributed by atoms with Crippen LogP contribution in [-0.4, -0.2) is 50.4 Å². The summed E-state index contributed by atoms with van der Waals surface area (Å²) in [4.78, 5) is 26.1. The normalized spacial score (nSPS) is 10.8. The number of carbonyl (C=O) groups is 2. The van der Waals surface area contributed by atoms with Crippen LogP contribution in [0, 0.1) is 0 Å². The Hall–Kier alpha value is -2.66. The Labute approximate surface area is 155 Å². The molecule has 2 aromatic rings. The summed E-state index contributed by atoms with van der Waals surface area (Å²) < 4.78 is 0. The van der Waals surface area contributed by atoms with Gasteiger partial charge in [0.25, 0.3) is 0 Å². The SMILES string of the molecule is CN(C)CCCNC(=O)C(=O)NCC(c1ccccc1)c1ccccc1. The van der Waals surface area contributed by atoms with E-state index in [2.05, 4.69) is 10.6 Å². The smallest absolute Gasteiger partial charge is 0.309 e. The first-order valence-electron chi connectivity index (χ1n) is 8.88. The third-order valence-electron chi connectivity index (χ3n) is 4.14. The molecule has 2 aromatic carbocycles. The molecule has 0 spiro atoms. The highest BCUT2D eigenvalue weighted by molar-refractivity contribution is 6.35. The molecule has 0 aliphatic heterocycles. The molecular weight excluding hydrogens is 326 g/mol. The lowest BCUT2D eigenvalue weighted by molar-refractivity contribution is -0.139. The van der Waals surface area contributed by atoms with E-state index in [1.807, 2.05) is 79.7 Å². The molecule has 0 atom stereocenters. The third-order valence-corrected chi connectivity index (χ3v) is 4.14. The molecule has 0 aliphatic rings. The van der Waals surface area contributed by atoms with E-state index < -0.39 is 11.8 Å². The highest BCUT2D eigenvalue weighted by atomic mass is 16.2. The van der Waals surface area contributed by atoms with Crippen LogP contribution in [0.5, 0.6) is 0 Å². The van der Waals surface area contributed by atoms with Gasteiger partial charge in [-0.25, -0.2) is 0 Å². The molecule has 2 amide bonds. The Morgan fingerprint density at radius 3 is 1.85 bits per heavy atom. The summed E-state index contributed by atoms with van der Waals surface area (Å²) in [6.45, 7) is 1.73. The molecule has 0 saturated carbocycles. The van der Waals surface area contributed by atoms with Crippen molar-refractivity contribution in [1.82, 2.24) is 15.5 Å². The molecule has 0 saturated heterocycles. The maximum atomic E-state index is 12.1. The molecule has 0 aliphatic carbocycles. The first kappa shape index (κ1) is 19.7. The largest absolute Gasteiger partial charge is 0.348 e. The van der Waals surface area contributed by atoms with Gasteiger partial charge >= 0.3 is 11.8 Å². The standard InChI is InChI=1S/C21H27N3O2/c1-24(2)15-9-14-22-20(25)21(26)23-16-19(17-10-5-3-6-11-17)18-12-7-4-8-13-18/h3-8,10-13,19H,9,14-16H2,1-2H3,(H,22,25)(H,23,26). The van der Waals surface area contributed by atoms with Crippen LogP contribution in [0.25, 0.3) is 0 Å². The maximum Gasteiger partial charge on any atom is 0.309 e. The van der Waals surface area contributed by atoms with Crippen LogP contribution in [0.4, 0.5) is 0 Å². The Morgan fingerprint density at radius 1 is 0.846 bits per heavy atom. The summed E-state index contributed by atoms with van der Waals surface area (Å²) in [5.41, 5.74) is 2.20. The van der Waals surface area contributed by atoms with E-state index in [9.17, 15) is 9.59 Å².